The summed E-state index contributed by atoms with van der Waals surface area (Å²) in [4.78, 5) is 24.6. The van der Waals surface area contributed by atoms with Crippen LogP contribution in [0.3, 0.4) is 0 Å². The molecule has 37 heavy (non-hydrogen) atoms. The van der Waals surface area contributed by atoms with Crippen LogP contribution in [0.25, 0.3) is 12.2 Å². The van der Waals surface area contributed by atoms with Crippen molar-refractivity contribution in [1.29, 1.82) is 10.5 Å². The van der Waals surface area contributed by atoms with Crippen LogP contribution in [0.5, 0.6) is 5.75 Å². The zero-order valence-electron chi connectivity index (χ0n) is 22.3. The van der Waals surface area contributed by atoms with Gasteiger partial charge in [-0.05, 0) is 54.3 Å². The third-order valence-corrected chi connectivity index (χ3v) is 5.73. The summed E-state index contributed by atoms with van der Waals surface area (Å²) >= 11 is 0. The van der Waals surface area contributed by atoms with Crippen LogP contribution in [-0.4, -0.2) is 30.3 Å². The van der Waals surface area contributed by atoms with Gasteiger partial charge in [0.2, 0.25) is 0 Å². The molecule has 1 aromatic rings. The van der Waals surface area contributed by atoms with Crippen LogP contribution in [0, 0.1) is 22.7 Å². The second-order valence-corrected chi connectivity index (χ2v) is 9.00. The molecule has 0 fully saturated rings. The Morgan fingerprint density at radius 2 is 1.08 bits per heavy atom. The van der Waals surface area contributed by atoms with Crippen molar-refractivity contribution in [2.45, 2.75) is 90.9 Å². The van der Waals surface area contributed by atoms with Crippen molar-refractivity contribution in [3.8, 4) is 17.9 Å². The van der Waals surface area contributed by atoms with Crippen LogP contribution >= 0.6 is 0 Å². The van der Waals surface area contributed by atoms with Gasteiger partial charge in [0.15, 0.2) is 0 Å². The minimum Gasteiger partial charge on any atom is -0.508 e. The molecule has 0 aliphatic rings. The van der Waals surface area contributed by atoms with E-state index in [1.807, 2.05) is 12.1 Å². The minimum atomic E-state index is -0.729. The summed E-state index contributed by atoms with van der Waals surface area (Å²) in [6.45, 7) is 4.78. The largest absolute Gasteiger partial charge is 0.508 e. The number of esters is 2. The molecule has 0 saturated carbocycles. The Morgan fingerprint density at radius 3 is 1.46 bits per heavy atom. The van der Waals surface area contributed by atoms with E-state index < -0.39 is 11.9 Å². The van der Waals surface area contributed by atoms with Gasteiger partial charge >= 0.3 is 11.9 Å². The van der Waals surface area contributed by atoms with Gasteiger partial charge in [-0.3, -0.25) is 0 Å². The standard InChI is InChI=1S/C30H40N2O5/c1-3-5-7-9-11-13-15-36-29(34)26(22-31)18-24-17-25(21-28(33)20-24)19-27(23-32)30(35)37-16-14-12-10-8-6-4-2/h17-21,33H,3-16H2,1-2H3/b26-18+,27-19+. The highest BCUT2D eigenvalue weighted by Crippen LogP contribution is 2.21. The Bertz CT molecular complexity index is 922. The summed E-state index contributed by atoms with van der Waals surface area (Å²) in [6.07, 6.45) is 15.2. The lowest BCUT2D eigenvalue weighted by atomic mass is 10.1. The minimum absolute atomic E-state index is 0.143. The van der Waals surface area contributed by atoms with Crippen molar-refractivity contribution >= 4 is 24.1 Å². The van der Waals surface area contributed by atoms with Crippen LogP contribution in [0.2, 0.25) is 0 Å². The Labute approximate surface area is 221 Å². The number of hydrogen-bond donors (Lipinski definition) is 1. The maximum Gasteiger partial charge on any atom is 0.348 e. The molecule has 0 radical (unpaired) electrons. The number of ether oxygens (including phenoxy) is 2. The molecule has 1 aromatic carbocycles. The molecule has 0 atom stereocenters. The quantitative estimate of drug-likeness (QED) is 0.0979. The number of hydrogen-bond acceptors (Lipinski definition) is 7. The van der Waals surface area contributed by atoms with Crippen molar-refractivity contribution in [2.75, 3.05) is 13.2 Å². The summed E-state index contributed by atoms with van der Waals surface area (Å²) in [5.41, 5.74) is 0.310. The first-order chi connectivity index (χ1) is 17.9. The Hall–Kier alpha value is -3.58. The van der Waals surface area contributed by atoms with E-state index in [2.05, 4.69) is 13.8 Å². The molecule has 200 valence electrons. The van der Waals surface area contributed by atoms with Gasteiger partial charge in [-0.1, -0.05) is 78.1 Å². The topological polar surface area (TPSA) is 120 Å². The molecule has 0 aromatic heterocycles. The highest BCUT2D eigenvalue weighted by Gasteiger charge is 2.13. The van der Waals surface area contributed by atoms with E-state index in [-0.39, 0.29) is 30.1 Å². The summed E-state index contributed by atoms with van der Waals surface area (Å²) in [5, 5.41) is 28.9. The first-order valence-corrected chi connectivity index (χ1v) is 13.4. The lowest BCUT2D eigenvalue weighted by Gasteiger charge is -2.06. The number of carbonyl (C=O) groups excluding carboxylic acids is 2. The molecular weight excluding hydrogens is 468 g/mol. The number of rotatable bonds is 18. The molecule has 0 bridgehead atoms. The number of unbranched alkanes of at least 4 members (excludes halogenated alkanes) is 10. The second kappa shape index (κ2) is 19.6. The summed E-state index contributed by atoms with van der Waals surface area (Å²) in [6, 6.07) is 7.97. The van der Waals surface area contributed by atoms with Crippen LogP contribution in [0.15, 0.2) is 29.3 Å². The van der Waals surface area contributed by atoms with Crippen LogP contribution in [0.1, 0.15) is 102 Å². The lowest BCUT2D eigenvalue weighted by Crippen LogP contribution is -2.08. The fourth-order valence-corrected chi connectivity index (χ4v) is 3.68. The Balaban J connectivity index is 2.76. The molecule has 0 unspecified atom stereocenters. The van der Waals surface area contributed by atoms with E-state index in [4.69, 9.17) is 9.47 Å². The number of carbonyl (C=O) groups is 2. The normalized spacial score (nSPS) is 11.5. The van der Waals surface area contributed by atoms with Gasteiger partial charge in [0.1, 0.15) is 29.0 Å². The number of benzene rings is 1. The summed E-state index contributed by atoms with van der Waals surface area (Å²) in [5.74, 6) is -1.60. The van der Waals surface area contributed by atoms with Gasteiger partial charge in [0.25, 0.3) is 0 Å². The third-order valence-electron chi connectivity index (χ3n) is 5.73. The molecule has 7 heteroatoms. The third kappa shape index (κ3) is 13.9. The Kier molecular flexibility index (Phi) is 16.7. The van der Waals surface area contributed by atoms with E-state index in [9.17, 15) is 25.2 Å². The molecule has 0 spiro atoms. The average Bonchev–Trinajstić information content (AvgIpc) is 2.88. The highest BCUT2D eigenvalue weighted by molar-refractivity contribution is 5.99. The molecular formula is C30H40N2O5. The van der Waals surface area contributed by atoms with Crippen LogP contribution in [0.4, 0.5) is 0 Å². The predicted octanol–water partition coefficient (Wildman–Crippen LogP) is 7.01. The fourth-order valence-electron chi connectivity index (χ4n) is 3.68. The maximum atomic E-state index is 12.3. The van der Waals surface area contributed by atoms with Gasteiger partial charge in [-0.25, -0.2) is 9.59 Å². The molecule has 1 N–H and O–H groups in total. The number of nitrogens with zero attached hydrogens (tertiary/aromatic N) is 2. The van der Waals surface area contributed by atoms with E-state index in [1.54, 1.807) is 6.07 Å². The molecule has 0 saturated heterocycles. The first kappa shape index (κ1) is 31.4. The number of aromatic hydroxyl groups is 1. The molecule has 0 heterocycles. The lowest BCUT2D eigenvalue weighted by molar-refractivity contribution is -0.139. The zero-order chi connectivity index (χ0) is 27.3. The molecule has 1 rings (SSSR count). The maximum absolute atomic E-state index is 12.3. The monoisotopic (exact) mass is 508 g/mol. The van der Waals surface area contributed by atoms with Gasteiger partial charge in [0, 0.05) is 0 Å². The molecule has 0 amide bonds. The van der Waals surface area contributed by atoms with Gasteiger partial charge < -0.3 is 14.6 Å². The molecule has 0 aliphatic heterocycles. The predicted molar refractivity (Wildman–Crippen MR) is 144 cm³/mol. The van der Waals surface area contributed by atoms with Crippen molar-refractivity contribution in [1.82, 2.24) is 0 Å². The van der Waals surface area contributed by atoms with E-state index in [0.29, 0.717) is 11.1 Å². The smallest absolute Gasteiger partial charge is 0.348 e. The number of nitriles is 2. The second-order valence-electron chi connectivity index (χ2n) is 9.00. The first-order valence-electron chi connectivity index (χ1n) is 13.4. The molecule has 7 nitrogen and oxygen atoms in total. The highest BCUT2D eigenvalue weighted by atomic mass is 16.5. The summed E-state index contributed by atoms with van der Waals surface area (Å²) in [7, 11) is 0. The van der Waals surface area contributed by atoms with Crippen LogP contribution < -0.4 is 0 Å². The zero-order valence-corrected chi connectivity index (χ0v) is 22.3. The summed E-state index contributed by atoms with van der Waals surface area (Å²) < 4.78 is 10.4. The van der Waals surface area contributed by atoms with Gasteiger partial charge in [-0.2, -0.15) is 10.5 Å². The number of phenols is 1. The van der Waals surface area contributed by atoms with Crippen molar-refractivity contribution in [3.63, 3.8) is 0 Å². The van der Waals surface area contributed by atoms with Gasteiger partial charge in [-0.15, -0.1) is 0 Å². The van der Waals surface area contributed by atoms with E-state index >= 15 is 0 Å². The van der Waals surface area contributed by atoms with E-state index in [1.165, 1.54) is 50.0 Å². The number of phenolic OH excluding ortho intramolecular Hbond substituents is 1. The van der Waals surface area contributed by atoms with Gasteiger partial charge in [0.05, 0.1) is 13.2 Å². The van der Waals surface area contributed by atoms with Crippen molar-refractivity contribution in [3.05, 3.63) is 40.5 Å². The molecule has 0 aliphatic carbocycles. The van der Waals surface area contributed by atoms with E-state index in [0.717, 1.165) is 51.4 Å². The Morgan fingerprint density at radius 1 is 0.703 bits per heavy atom. The average molecular weight is 509 g/mol. The van der Waals surface area contributed by atoms with Crippen molar-refractivity contribution < 1.29 is 24.2 Å². The SMILES string of the molecule is CCCCCCCCOC(=O)/C(C#N)=C/c1cc(O)cc(/C=C(\C#N)C(=O)OCCCCCCCC)c1. The van der Waals surface area contributed by atoms with Crippen molar-refractivity contribution in [2.24, 2.45) is 0 Å². The van der Waals surface area contributed by atoms with Crippen LogP contribution in [-0.2, 0) is 19.1 Å². The fraction of sp³-hybridized carbons (Fsp3) is 0.533.